The zero-order valence-corrected chi connectivity index (χ0v) is 19.9. The number of methoxy groups -OCH3 is 1. The molecule has 180 valence electrons. The number of para-hydroxylation sites is 1. The van der Waals surface area contributed by atoms with Gasteiger partial charge in [-0.2, -0.15) is 0 Å². The van der Waals surface area contributed by atoms with Crippen molar-refractivity contribution >= 4 is 32.5 Å². The smallest absolute Gasteiger partial charge is 0.229 e. The minimum Gasteiger partial charge on any atom is -0.496 e. The number of carbonyl (C=O) groups is 1. The van der Waals surface area contributed by atoms with Crippen molar-refractivity contribution in [3.8, 4) is 11.5 Å². The Hall–Kier alpha value is -2.53. The van der Waals surface area contributed by atoms with Gasteiger partial charge in [-0.25, -0.2) is 0 Å². The van der Waals surface area contributed by atoms with Crippen LogP contribution >= 0.6 is 15.9 Å². The van der Waals surface area contributed by atoms with Gasteiger partial charge in [0.25, 0.3) is 0 Å². The predicted molar refractivity (Wildman–Crippen MR) is 127 cm³/mol. The van der Waals surface area contributed by atoms with Crippen LogP contribution in [0.5, 0.6) is 11.5 Å². The fraction of sp³-hybridized carbons (Fsp3) is 0.320. The van der Waals surface area contributed by atoms with Crippen LogP contribution in [0.15, 0.2) is 59.1 Å². The molecule has 9 heteroatoms. The third-order valence-electron chi connectivity index (χ3n) is 5.84. The van der Waals surface area contributed by atoms with Crippen molar-refractivity contribution in [1.29, 1.82) is 0 Å². The van der Waals surface area contributed by atoms with Gasteiger partial charge in [0.15, 0.2) is 5.78 Å². The second kappa shape index (κ2) is 10.4. The molecule has 5 atom stereocenters. The number of aliphatic hydroxyl groups excluding tert-OH is 4. The minimum absolute atomic E-state index is 0.0363. The van der Waals surface area contributed by atoms with Gasteiger partial charge < -0.3 is 34.6 Å². The number of hydrogen-bond donors (Lipinski definition) is 4. The number of halogens is 1. The van der Waals surface area contributed by atoms with Crippen molar-refractivity contribution in [2.75, 3.05) is 13.7 Å². The van der Waals surface area contributed by atoms with Gasteiger partial charge in [0.1, 0.15) is 35.9 Å². The summed E-state index contributed by atoms with van der Waals surface area (Å²) in [5.41, 5.74) is 0.941. The molecule has 0 bridgehead atoms. The molecule has 3 aromatic carbocycles. The normalized spacial score (nSPS) is 24.7. The average Bonchev–Trinajstić information content (AvgIpc) is 2.84. The second-order valence-electron chi connectivity index (χ2n) is 8.07. The maximum Gasteiger partial charge on any atom is 0.229 e. The number of fused-ring (bicyclic) bond motifs is 1. The number of carbonyl (C=O) groups excluding carboxylic acids is 1. The lowest BCUT2D eigenvalue weighted by atomic mass is 9.97. The highest BCUT2D eigenvalue weighted by molar-refractivity contribution is 9.10. The van der Waals surface area contributed by atoms with Crippen LogP contribution in [0.3, 0.4) is 0 Å². The third kappa shape index (κ3) is 4.95. The molecule has 0 aromatic heterocycles. The van der Waals surface area contributed by atoms with Gasteiger partial charge in [0, 0.05) is 16.5 Å². The predicted octanol–water partition coefficient (Wildman–Crippen LogP) is 2.22. The first-order chi connectivity index (χ1) is 16.3. The van der Waals surface area contributed by atoms with Crippen LogP contribution < -0.4 is 9.47 Å². The van der Waals surface area contributed by atoms with Crippen LogP contribution in [0.4, 0.5) is 0 Å². The van der Waals surface area contributed by atoms with Gasteiger partial charge in [-0.1, -0.05) is 40.2 Å². The molecule has 3 aromatic rings. The highest BCUT2D eigenvalue weighted by Crippen LogP contribution is 2.33. The second-order valence-corrected chi connectivity index (χ2v) is 8.98. The number of hydrogen-bond acceptors (Lipinski definition) is 8. The first-order valence-electron chi connectivity index (χ1n) is 10.7. The van der Waals surface area contributed by atoms with Crippen molar-refractivity contribution < 1.29 is 39.4 Å². The van der Waals surface area contributed by atoms with Crippen LogP contribution in [-0.2, 0) is 11.2 Å². The summed E-state index contributed by atoms with van der Waals surface area (Å²) in [6, 6.07) is 16.1. The van der Waals surface area contributed by atoms with Crippen molar-refractivity contribution in [3.63, 3.8) is 0 Å². The summed E-state index contributed by atoms with van der Waals surface area (Å²) in [6.07, 6.45) is -7.22. The van der Waals surface area contributed by atoms with Crippen LogP contribution in [0.1, 0.15) is 15.9 Å². The molecule has 1 saturated heterocycles. The molecule has 1 aliphatic rings. The Morgan fingerprint density at radius 2 is 1.74 bits per heavy atom. The maximum atomic E-state index is 13.4. The summed E-state index contributed by atoms with van der Waals surface area (Å²) >= 11 is 3.44. The number of aliphatic hydroxyl groups is 4. The summed E-state index contributed by atoms with van der Waals surface area (Å²) in [7, 11) is 1.53. The van der Waals surface area contributed by atoms with Crippen LogP contribution in [-0.4, -0.2) is 70.6 Å². The maximum absolute atomic E-state index is 13.4. The molecular formula is C25H25BrO8. The van der Waals surface area contributed by atoms with E-state index in [1.165, 1.54) is 7.11 Å². The fourth-order valence-corrected chi connectivity index (χ4v) is 4.35. The van der Waals surface area contributed by atoms with Crippen LogP contribution in [0.25, 0.3) is 10.8 Å². The lowest BCUT2D eigenvalue weighted by Crippen LogP contribution is -2.60. The fourth-order valence-electron chi connectivity index (χ4n) is 3.97. The Kier molecular flexibility index (Phi) is 7.51. The Labute approximate surface area is 204 Å². The largest absolute Gasteiger partial charge is 0.496 e. The SMILES string of the molecule is COc1ccccc1CC(=O)c1cc2cc(Br)ccc2cc1O[C@@H]1O[C@H](CO)[C@@H](O)[C@H](O)[C@H]1O. The van der Waals surface area contributed by atoms with Gasteiger partial charge in [-0.05, 0) is 41.1 Å². The first kappa shape index (κ1) is 24.6. The molecule has 0 amide bonds. The summed E-state index contributed by atoms with van der Waals surface area (Å²) < 4.78 is 17.6. The van der Waals surface area contributed by atoms with E-state index >= 15 is 0 Å². The standard InChI is InChI=1S/C25H25BrO8/c1-32-19-5-3-2-4-14(19)10-18(28)17-9-15-8-16(26)7-6-13(15)11-20(17)33-25-24(31)23(30)22(29)21(12-27)34-25/h2-9,11,21-25,27,29-31H,10,12H2,1H3/t21-,22-,23+,24-,25-/m1/s1. The molecule has 1 heterocycles. The van der Waals surface area contributed by atoms with E-state index in [0.29, 0.717) is 11.3 Å². The third-order valence-corrected chi connectivity index (χ3v) is 6.33. The van der Waals surface area contributed by atoms with E-state index in [1.807, 2.05) is 30.3 Å². The van der Waals surface area contributed by atoms with Gasteiger partial charge in [0.05, 0.1) is 19.3 Å². The molecule has 4 N–H and O–H groups in total. The summed E-state index contributed by atoms with van der Waals surface area (Å²) in [5.74, 6) is 0.459. The van der Waals surface area contributed by atoms with Crippen molar-refractivity contribution in [1.82, 2.24) is 0 Å². The van der Waals surface area contributed by atoms with Gasteiger partial charge in [0.2, 0.25) is 6.29 Å². The molecule has 4 rings (SSSR count). The molecule has 0 spiro atoms. The summed E-state index contributed by atoms with van der Waals surface area (Å²) in [6.45, 7) is -0.587. The summed E-state index contributed by atoms with van der Waals surface area (Å²) in [4.78, 5) is 13.4. The van der Waals surface area contributed by atoms with E-state index in [9.17, 15) is 25.2 Å². The topological polar surface area (TPSA) is 126 Å². The molecule has 0 radical (unpaired) electrons. The Bertz CT molecular complexity index is 1180. The quantitative estimate of drug-likeness (QED) is 0.341. The zero-order chi connectivity index (χ0) is 24.4. The number of ketones is 1. The van der Waals surface area contributed by atoms with Crippen LogP contribution in [0.2, 0.25) is 0 Å². The molecular weight excluding hydrogens is 508 g/mol. The molecule has 1 fully saturated rings. The van der Waals surface area contributed by atoms with Crippen LogP contribution in [0, 0.1) is 0 Å². The Morgan fingerprint density at radius 3 is 2.47 bits per heavy atom. The zero-order valence-electron chi connectivity index (χ0n) is 18.3. The number of rotatable bonds is 7. The number of ether oxygens (including phenoxy) is 3. The highest BCUT2D eigenvalue weighted by atomic mass is 79.9. The van der Waals surface area contributed by atoms with E-state index in [1.54, 1.807) is 24.3 Å². The first-order valence-corrected chi connectivity index (χ1v) is 11.5. The van der Waals surface area contributed by atoms with Gasteiger partial charge >= 0.3 is 0 Å². The Morgan fingerprint density at radius 1 is 0.971 bits per heavy atom. The molecule has 1 aliphatic heterocycles. The van der Waals surface area contributed by atoms with Crippen molar-refractivity contribution in [2.24, 2.45) is 0 Å². The highest BCUT2D eigenvalue weighted by Gasteiger charge is 2.45. The molecule has 0 unspecified atom stereocenters. The number of benzene rings is 3. The lowest BCUT2D eigenvalue weighted by molar-refractivity contribution is -0.277. The number of Topliss-reactive ketones (excluding diaryl/α,β-unsaturated/α-hetero) is 1. The van der Waals surface area contributed by atoms with Gasteiger partial charge in [-0.15, -0.1) is 0 Å². The lowest BCUT2D eigenvalue weighted by Gasteiger charge is -2.39. The Balaban J connectivity index is 1.72. The van der Waals surface area contributed by atoms with Crippen molar-refractivity contribution in [2.45, 2.75) is 37.1 Å². The average molecular weight is 533 g/mol. The summed E-state index contributed by atoms with van der Waals surface area (Å²) in [5, 5.41) is 41.6. The molecule has 0 saturated carbocycles. The van der Waals surface area contributed by atoms with E-state index in [2.05, 4.69) is 15.9 Å². The van der Waals surface area contributed by atoms with E-state index in [4.69, 9.17) is 14.2 Å². The van der Waals surface area contributed by atoms with Gasteiger partial charge in [-0.3, -0.25) is 4.79 Å². The minimum atomic E-state index is -1.60. The van der Waals surface area contributed by atoms with E-state index < -0.39 is 37.3 Å². The van der Waals surface area contributed by atoms with E-state index in [-0.39, 0.29) is 23.5 Å². The van der Waals surface area contributed by atoms with Crippen molar-refractivity contribution in [3.05, 3.63) is 70.2 Å². The molecule has 0 aliphatic carbocycles. The monoisotopic (exact) mass is 532 g/mol. The van der Waals surface area contributed by atoms with E-state index in [0.717, 1.165) is 15.2 Å². The molecule has 8 nitrogen and oxygen atoms in total. The molecule has 34 heavy (non-hydrogen) atoms.